The lowest BCUT2D eigenvalue weighted by atomic mass is 9.96. The van der Waals surface area contributed by atoms with Crippen LogP contribution >= 0.6 is 36.2 Å². The number of likely N-dealkylation sites (tertiary alicyclic amines) is 1. The predicted octanol–water partition coefficient (Wildman–Crippen LogP) is 4.37. The number of hydrogen-bond acceptors (Lipinski definition) is 4. The van der Waals surface area contributed by atoms with Crippen LogP contribution in [0.4, 0.5) is 4.39 Å². The molecule has 2 aromatic rings. The minimum atomic E-state index is -0.248. The number of nitrogens with zero attached hydrogens (tertiary/aromatic N) is 2. The molecule has 4 nitrogen and oxygen atoms in total. The van der Waals surface area contributed by atoms with Gasteiger partial charge >= 0.3 is 0 Å². The first-order chi connectivity index (χ1) is 12.0. The molecule has 0 saturated carbocycles. The number of carbonyl (C=O) groups is 1. The van der Waals surface area contributed by atoms with Crippen LogP contribution in [0.5, 0.6) is 0 Å². The Labute approximate surface area is 176 Å². The summed E-state index contributed by atoms with van der Waals surface area (Å²) in [6.45, 7) is 4.61. The molecule has 1 amide bonds. The minimum absolute atomic E-state index is 0. The summed E-state index contributed by atoms with van der Waals surface area (Å²) in [7, 11) is 0. The fourth-order valence-electron chi connectivity index (χ4n) is 3.39. The molecule has 8 heteroatoms. The first-order valence-corrected chi connectivity index (χ1v) is 9.54. The van der Waals surface area contributed by atoms with Crippen molar-refractivity contribution in [2.45, 2.75) is 51.6 Å². The summed E-state index contributed by atoms with van der Waals surface area (Å²) in [5, 5.41) is 0.877. The van der Waals surface area contributed by atoms with Crippen LogP contribution in [0.3, 0.4) is 0 Å². The number of rotatable bonds is 4. The van der Waals surface area contributed by atoms with Crippen LogP contribution in [0.15, 0.2) is 24.3 Å². The van der Waals surface area contributed by atoms with Crippen molar-refractivity contribution in [1.82, 2.24) is 9.88 Å². The monoisotopic (exact) mass is 433 g/mol. The van der Waals surface area contributed by atoms with Crippen molar-refractivity contribution in [3.63, 3.8) is 0 Å². The molecule has 0 aliphatic carbocycles. The Morgan fingerprint density at radius 1 is 1.33 bits per heavy atom. The molecule has 150 valence electrons. The number of nitrogens with two attached hydrogens (primary N) is 1. The van der Waals surface area contributed by atoms with Crippen molar-refractivity contribution in [3.8, 4) is 0 Å². The van der Waals surface area contributed by atoms with Gasteiger partial charge in [-0.3, -0.25) is 4.79 Å². The number of thiazole rings is 1. The molecule has 2 atom stereocenters. The summed E-state index contributed by atoms with van der Waals surface area (Å²) in [5.74, 6) is -0.204. The fourth-order valence-corrected chi connectivity index (χ4v) is 4.44. The Hall–Kier alpha value is -1.21. The van der Waals surface area contributed by atoms with Crippen molar-refractivity contribution >= 4 is 42.1 Å². The molecule has 27 heavy (non-hydrogen) atoms. The van der Waals surface area contributed by atoms with Gasteiger partial charge in [-0.1, -0.05) is 12.1 Å². The first-order valence-electron chi connectivity index (χ1n) is 8.73. The second-order valence-electron chi connectivity index (χ2n) is 6.75. The van der Waals surface area contributed by atoms with E-state index in [0.717, 1.165) is 42.1 Å². The van der Waals surface area contributed by atoms with Crippen LogP contribution in [-0.4, -0.2) is 34.4 Å². The van der Waals surface area contributed by atoms with Crippen molar-refractivity contribution < 1.29 is 9.18 Å². The van der Waals surface area contributed by atoms with Crippen LogP contribution in [0.25, 0.3) is 0 Å². The van der Waals surface area contributed by atoms with E-state index >= 15 is 0 Å². The smallest absolute Gasteiger partial charge is 0.266 e. The highest BCUT2D eigenvalue weighted by atomic mass is 35.5. The van der Waals surface area contributed by atoms with Gasteiger partial charge in [-0.05, 0) is 50.8 Å². The number of carbonyl (C=O) groups excluding carboxylic acids is 1. The summed E-state index contributed by atoms with van der Waals surface area (Å²) in [4.78, 5) is 20.2. The Morgan fingerprint density at radius 3 is 2.63 bits per heavy atom. The molecule has 1 aliphatic rings. The summed E-state index contributed by atoms with van der Waals surface area (Å²) in [6, 6.07) is 6.47. The molecular weight excluding hydrogens is 408 g/mol. The molecule has 2 N–H and O–H groups in total. The molecule has 3 rings (SSSR count). The van der Waals surface area contributed by atoms with E-state index in [0.29, 0.717) is 11.3 Å². The average molecular weight is 434 g/mol. The number of benzene rings is 1. The van der Waals surface area contributed by atoms with Gasteiger partial charge < -0.3 is 10.6 Å². The first kappa shape index (κ1) is 23.8. The number of aryl methyl sites for hydroxylation is 1. The lowest BCUT2D eigenvalue weighted by Gasteiger charge is -2.37. The summed E-state index contributed by atoms with van der Waals surface area (Å²) in [6.07, 6.45) is 3.71. The topological polar surface area (TPSA) is 59.2 Å². The third kappa shape index (κ3) is 5.64. The largest absolute Gasteiger partial charge is 0.333 e. The van der Waals surface area contributed by atoms with Gasteiger partial charge in [0.2, 0.25) is 0 Å². The van der Waals surface area contributed by atoms with E-state index in [-0.39, 0.29) is 48.6 Å². The number of amides is 1. The SMILES string of the molecule is Cc1nc(Cc2ccc(F)cc2)sc1C(=O)N1CCCCC1C(C)N.Cl.Cl. The minimum Gasteiger partial charge on any atom is -0.333 e. The molecule has 1 aromatic carbocycles. The summed E-state index contributed by atoms with van der Waals surface area (Å²) < 4.78 is 13.0. The average Bonchev–Trinajstić information content (AvgIpc) is 2.96. The van der Waals surface area contributed by atoms with Crippen LogP contribution in [0.2, 0.25) is 0 Å². The maximum absolute atomic E-state index is 13.0. The maximum atomic E-state index is 13.0. The van der Waals surface area contributed by atoms with Crippen molar-refractivity contribution in [2.75, 3.05) is 6.54 Å². The summed E-state index contributed by atoms with van der Waals surface area (Å²) in [5.41, 5.74) is 7.85. The number of halogens is 3. The van der Waals surface area contributed by atoms with E-state index in [1.165, 1.54) is 23.5 Å². The Kier molecular flexibility index (Phi) is 9.15. The normalized spacial score (nSPS) is 17.6. The van der Waals surface area contributed by atoms with E-state index < -0.39 is 0 Å². The van der Waals surface area contributed by atoms with Crippen LogP contribution < -0.4 is 5.73 Å². The molecule has 2 heterocycles. The van der Waals surface area contributed by atoms with E-state index in [1.807, 2.05) is 18.7 Å². The zero-order valence-electron chi connectivity index (χ0n) is 15.5. The van der Waals surface area contributed by atoms with Gasteiger partial charge in [0.15, 0.2) is 0 Å². The third-order valence-electron chi connectivity index (χ3n) is 4.72. The second kappa shape index (κ2) is 10.4. The molecule has 0 bridgehead atoms. The standard InChI is InChI=1S/C19H24FN3OS.2ClH/c1-12(21)16-5-3-4-10-23(16)19(24)18-13(2)22-17(25-18)11-14-6-8-15(20)9-7-14;;/h6-9,12,16H,3-5,10-11,21H2,1-2H3;2*1H. The molecule has 1 saturated heterocycles. The lowest BCUT2D eigenvalue weighted by molar-refractivity contribution is 0.0588. The highest BCUT2D eigenvalue weighted by Crippen LogP contribution is 2.27. The highest BCUT2D eigenvalue weighted by Gasteiger charge is 2.31. The maximum Gasteiger partial charge on any atom is 0.266 e. The summed E-state index contributed by atoms with van der Waals surface area (Å²) >= 11 is 1.44. The zero-order valence-corrected chi connectivity index (χ0v) is 17.9. The van der Waals surface area contributed by atoms with Gasteiger partial charge in [0.05, 0.1) is 10.7 Å². The third-order valence-corrected chi connectivity index (χ3v) is 5.87. The molecule has 0 spiro atoms. The van der Waals surface area contributed by atoms with Gasteiger partial charge in [-0.25, -0.2) is 9.37 Å². The van der Waals surface area contributed by atoms with E-state index in [2.05, 4.69) is 4.98 Å². The zero-order chi connectivity index (χ0) is 18.0. The molecule has 1 aliphatic heterocycles. The highest BCUT2D eigenvalue weighted by molar-refractivity contribution is 7.13. The molecule has 2 unspecified atom stereocenters. The van der Waals surface area contributed by atoms with E-state index in [1.54, 1.807) is 12.1 Å². The number of piperidine rings is 1. The predicted molar refractivity (Wildman–Crippen MR) is 113 cm³/mol. The van der Waals surface area contributed by atoms with Crippen molar-refractivity contribution in [2.24, 2.45) is 5.73 Å². The van der Waals surface area contributed by atoms with Crippen LogP contribution in [0.1, 0.15) is 52.1 Å². The van der Waals surface area contributed by atoms with Gasteiger partial charge in [0, 0.05) is 25.0 Å². The Morgan fingerprint density at radius 2 is 2.00 bits per heavy atom. The van der Waals surface area contributed by atoms with Crippen molar-refractivity contribution in [3.05, 3.63) is 51.2 Å². The van der Waals surface area contributed by atoms with Crippen LogP contribution in [0, 0.1) is 12.7 Å². The Balaban J connectivity index is 0.00000182. The van der Waals surface area contributed by atoms with Gasteiger partial charge in [0.1, 0.15) is 10.7 Å². The van der Waals surface area contributed by atoms with Crippen molar-refractivity contribution in [1.29, 1.82) is 0 Å². The fraction of sp³-hybridized carbons (Fsp3) is 0.474. The second-order valence-corrected chi connectivity index (χ2v) is 7.83. The Bertz CT molecular complexity index is 752. The number of aromatic nitrogens is 1. The molecule has 0 radical (unpaired) electrons. The van der Waals surface area contributed by atoms with E-state index in [4.69, 9.17) is 5.73 Å². The molecular formula is C19H26Cl2FN3OS. The van der Waals surface area contributed by atoms with Gasteiger partial charge in [0.25, 0.3) is 5.91 Å². The quantitative estimate of drug-likeness (QED) is 0.778. The van der Waals surface area contributed by atoms with Crippen LogP contribution in [-0.2, 0) is 6.42 Å². The molecule has 1 aromatic heterocycles. The lowest BCUT2D eigenvalue weighted by Crippen LogP contribution is -2.51. The molecule has 1 fully saturated rings. The number of hydrogen-bond donors (Lipinski definition) is 1. The van der Waals surface area contributed by atoms with Gasteiger partial charge in [-0.15, -0.1) is 36.2 Å². The van der Waals surface area contributed by atoms with Gasteiger partial charge in [-0.2, -0.15) is 0 Å². The van der Waals surface area contributed by atoms with E-state index in [9.17, 15) is 9.18 Å².